The standard InChI is InChI=1S/C59H49IO8/c1-62-53-33-25-48(26-34-53)56(45-19-13-43(14-20-45)9-6-41-68-58(47-23-31-52(60)32-24-47)50-29-37-55(64-3)38-30-50)66-39-5-8-42-11-17-46(18-12-42)57(49-27-35-54(63-2)36-28-49)67-40-7-10-44-15-21-51(22-16-44)59(61)65-4/h11-38,56-58H,39-41H2,1-4H3. The number of methoxy groups -OCH3 is 4. The Morgan fingerprint density at radius 1 is 0.397 bits per heavy atom. The fourth-order valence-corrected chi connectivity index (χ4v) is 7.57. The number of ether oxygens (including phenoxy) is 7. The van der Waals surface area contributed by atoms with Crippen LogP contribution in [0.2, 0.25) is 0 Å². The lowest BCUT2D eigenvalue weighted by molar-refractivity contribution is 0.0600. The monoisotopic (exact) mass is 1010 g/mol. The molecular weight excluding hydrogens is 964 g/mol. The molecule has 7 aromatic rings. The van der Waals surface area contributed by atoms with E-state index in [-0.39, 0.29) is 38.1 Å². The van der Waals surface area contributed by atoms with E-state index in [1.54, 1.807) is 45.6 Å². The Morgan fingerprint density at radius 2 is 0.662 bits per heavy atom. The smallest absolute Gasteiger partial charge is 0.337 e. The average molecular weight is 1010 g/mol. The predicted molar refractivity (Wildman–Crippen MR) is 273 cm³/mol. The molecule has 9 heteroatoms. The van der Waals surface area contributed by atoms with Gasteiger partial charge in [0.15, 0.2) is 0 Å². The fraction of sp³-hybridized carbons (Fsp3) is 0.169. The number of esters is 1. The summed E-state index contributed by atoms with van der Waals surface area (Å²) in [6, 6.07) is 54.9. The third-order valence-electron chi connectivity index (χ3n) is 10.8. The summed E-state index contributed by atoms with van der Waals surface area (Å²) in [5.74, 6) is 21.1. The van der Waals surface area contributed by atoms with Crippen LogP contribution < -0.4 is 14.2 Å². The molecule has 0 bridgehead atoms. The molecule has 68 heavy (non-hydrogen) atoms. The molecule has 3 atom stereocenters. The molecule has 0 heterocycles. The summed E-state index contributed by atoms with van der Waals surface area (Å²) in [6.07, 6.45) is -1.05. The van der Waals surface area contributed by atoms with E-state index in [2.05, 4.69) is 82.4 Å². The van der Waals surface area contributed by atoms with Crippen LogP contribution in [0.5, 0.6) is 17.2 Å². The second-order valence-electron chi connectivity index (χ2n) is 15.2. The van der Waals surface area contributed by atoms with Gasteiger partial charge in [-0.2, -0.15) is 0 Å². The molecule has 0 aliphatic rings. The Balaban J connectivity index is 1.01. The van der Waals surface area contributed by atoms with Crippen LogP contribution in [0, 0.1) is 39.1 Å². The number of rotatable bonds is 16. The van der Waals surface area contributed by atoms with Gasteiger partial charge in [-0.1, -0.05) is 108 Å². The lowest BCUT2D eigenvalue weighted by Crippen LogP contribution is -2.07. The zero-order chi connectivity index (χ0) is 47.5. The molecule has 340 valence electrons. The number of hydrogen-bond acceptors (Lipinski definition) is 8. The van der Waals surface area contributed by atoms with Crippen molar-refractivity contribution in [3.8, 4) is 52.8 Å². The minimum atomic E-state index is -0.392. The van der Waals surface area contributed by atoms with Gasteiger partial charge in [0.1, 0.15) is 55.4 Å². The van der Waals surface area contributed by atoms with Gasteiger partial charge in [0.25, 0.3) is 0 Å². The van der Waals surface area contributed by atoms with Gasteiger partial charge in [-0.15, -0.1) is 0 Å². The van der Waals surface area contributed by atoms with E-state index >= 15 is 0 Å². The van der Waals surface area contributed by atoms with Crippen LogP contribution in [0.4, 0.5) is 0 Å². The maximum atomic E-state index is 11.8. The van der Waals surface area contributed by atoms with Crippen molar-refractivity contribution in [2.24, 2.45) is 0 Å². The summed E-state index contributed by atoms with van der Waals surface area (Å²) in [5.41, 5.74) is 8.83. The summed E-state index contributed by atoms with van der Waals surface area (Å²) in [5, 5.41) is 0. The highest BCUT2D eigenvalue weighted by Crippen LogP contribution is 2.31. The van der Waals surface area contributed by atoms with Crippen molar-refractivity contribution in [1.82, 2.24) is 0 Å². The number of hydrogen-bond donors (Lipinski definition) is 0. The second-order valence-corrected chi connectivity index (χ2v) is 16.4. The normalized spacial score (nSPS) is 11.8. The topological polar surface area (TPSA) is 81.7 Å². The van der Waals surface area contributed by atoms with E-state index in [4.69, 9.17) is 33.2 Å². The SMILES string of the molecule is COC(=O)c1ccc(C#CCOC(c2ccc(C#CCOC(c3ccc(C#CCOC(c4ccc(I)cc4)c4ccc(OC)cc4)cc3)c3ccc(OC)cc3)cc2)c2ccc(OC)cc2)cc1. The fourth-order valence-electron chi connectivity index (χ4n) is 7.21. The van der Waals surface area contributed by atoms with Crippen LogP contribution in [0.1, 0.15) is 78.7 Å². The van der Waals surface area contributed by atoms with Crippen molar-refractivity contribution in [2.75, 3.05) is 48.3 Å². The van der Waals surface area contributed by atoms with E-state index in [9.17, 15) is 4.79 Å². The third-order valence-corrected chi connectivity index (χ3v) is 11.5. The lowest BCUT2D eigenvalue weighted by Gasteiger charge is -2.18. The number of carbonyl (C=O) groups excluding carboxylic acids is 1. The van der Waals surface area contributed by atoms with E-state index in [1.807, 2.05) is 121 Å². The maximum Gasteiger partial charge on any atom is 0.337 e. The Kier molecular flexibility index (Phi) is 17.9. The summed E-state index contributed by atoms with van der Waals surface area (Å²) in [6.45, 7) is 0.610. The second kappa shape index (κ2) is 25.0. The summed E-state index contributed by atoms with van der Waals surface area (Å²) < 4.78 is 41.4. The van der Waals surface area contributed by atoms with Crippen LogP contribution in [0.15, 0.2) is 170 Å². The highest BCUT2D eigenvalue weighted by Gasteiger charge is 2.18. The van der Waals surface area contributed by atoms with Gasteiger partial charge < -0.3 is 33.2 Å². The third kappa shape index (κ3) is 13.6. The largest absolute Gasteiger partial charge is 0.497 e. The van der Waals surface area contributed by atoms with E-state index < -0.39 is 5.97 Å². The number of benzene rings is 7. The molecule has 0 spiro atoms. The summed E-state index contributed by atoms with van der Waals surface area (Å²) in [4.78, 5) is 11.8. The van der Waals surface area contributed by atoms with Crippen LogP contribution in [0.3, 0.4) is 0 Å². The minimum absolute atomic E-state index is 0.177. The van der Waals surface area contributed by atoms with E-state index in [0.717, 1.165) is 70.9 Å². The Bertz CT molecular complexity index is 2900. The van der Waals surface area contributed by atoms with Gasteiger partial charge in [-0.05, 0) is 153 Å². The molecule has 0 saturated carbocycles. The first-order valence-electron chi connectivity index (χ1n) is 21.7. The molecule has 0 fully saturated rings. The zero-order valence-electron chi connectivity index (χ0n) is 38.2. The van der Waals surface area contributed by atoms with Crippen molar-refractivity contribution in [1.29, 1.82) is 0 Å². The van der Waals surface area contributed by atoms with E-state index in [0.29, 0.717) is 5.56 Å². The van der Waals surface area contributed by atoms with Crippen molar-refractivity contribution in [3.63, 3.8) is 0 Å². The quantitative estimate of drug-likeness (QED) is 0.0538. The molecule has 8 nitrogen and oxygen atoms in total. The predicted octanol–water partition coefficient (Wildman–Crippen LogP) is 11.6. The van der Waals surface area contributed by atoms with Crippen molar-refractivity contribution in [3.05, 3.63) is 229 Å². The first-order valence-corrected chi connectivity index (χ1v) is 22.8. The van der Waals surface area contributed by atoms with Gasteiger partial charge in [-0.25, -0.2) is 4.79 Å². The van der Waals surface area contributed by atoms with Gasteiger partial charge in [0.2, 0.25) is 0 Å². The first kappa shape index (κ1) is 48.6. The number of halogens is 1. The molecule has 0 aromatic heterocycles. The van der Waals surface area contributed by atoms with Crippen molar-refractivity contribution < 1.29 is 38.0 Å². The molecule has 7 rings (SSSR count). The van der Waals surface area contributed by atoms with Crippen LogP contribution in [-0.2, 0) is 18.9 Å². The Hall–Kier alpha value is -7.30. The number of carbonyl (C=O) groups is 1. The van der Waals surface area contributed by atoms with Crippen molar-refractivity contribution >= 4 is 28.6 Å². The molecule has 3 unspecified atom stereocenters. The molecular formula is C59H49IO8. The van der Waals surface area contributed by atoms with Gasteiger partial charge >= 0.3 is 5.97 Å². The summed E-state index contributed by atoms with van der Waals surface area (Å²) in [7, 11) is 6.30. The van der Waals surface area contributed by atoms with E-state index in [1.165, 1.54) is 7.11 Å². The zero-order valence-corrected chi connectivity index (χ0v) is 40.3. The van der Waals surface area contributed by atoms with Gasteiger partial charge in [-0.3, -0.25) is 0 Å². The van der Waals surface area contributed by atoms with Crippen molar-refractivity contribution in [2.45, 2.75) is 18.3 Å². The summed E-state index contributed by atoms with van der Waals surface area (Å²) >= 11 is 2.31. The molecule has 0 amide bonds. The average Bonchev–Trinajstić information content (AvgIpc) is 3.39. The van der Waals surface area contributed by atoms with Crippen LogP contribution in [-0.4, -0.2) is 54.2 Å². The minimum Gasteiger partial charge on any atom is -0.497 e. The Labute approximate surface area is 412 Å². The lowest BCUT2D eigenvalue weighted by atomic mass is 10.00. The molecule has 0 aliphatic heterocycles. The molecule has 0 radical (unpaired) electrons. The highest BCUT2D eigenvalue weighted by molar-refractivity contribution is 14.1. The molecule has 0 N–H and O–H groups in total. The highest BCUT2D eigenvalue weighted by atomic mass is 127. The Morgan fingerprint density at radius 3 is 0.941 bits per heavy atom. The van der Waals surface area contributed by atoms with Crippen LogP contribution >= 0.6 is 22.6 Å². The first-order chi connectivity index (χ1) is 33.3. The van der Waals surface area contributed by atoms with Gasteiger partial charge in [0, 0.05) is 20.3 Å². The van der Waals surface area contributed by atoms with Gasteiger partial charge in [0.05, 0.1) is 34.0 Å². The molecule has 0 saturated heterocycles. The molecule has 0 aliphatic carbocycles. The maximum absolute atomic E-state index is 11.8. The van der Waals surface area contributed by atoms with Crippen LogP contribution in [0.25, 0.3) is 0 Å². The molecule has 7 aromatic carbocycles.